The molecule has 1 N–H and O–H groups in total. The van der Waals surface area contributed by atoms with Crippen LogP contribution in [-0.2, 0) is 14.2 Å². The first-order chi connectivity index (χ1) is 11.3. The number of nitrogens with one attached hydrogen (secondary N) is 1. The van der Waals surface area contributed by atoms with Crippen LogP contribution in [-0.4, -0.2) is 65.8 Å². The van der Waals surface area contributed by atoms with Crippen LogP contribution >= 0.6 is 0 Å². The molecule has 7 nitrogen and oxygen atoms in total. The van der Waals surface area contributed by atoms with Gasteiger partial charge in [0.25, 0.3) is 5.91 Å². The Labute approximate surface area is 135 Å². The monoisotopic (exact) mass is 325 g/mol. The Morgan fingerprint density at radius 1 is 0.826 bits per heavy atom. The molecule has 1 aliphatic rings. The van der Waals surface area contributed by atoms with Crippen molar-refractivity contribution in [3.05, 3.63) is 23.8 Å². The molecule has 0 radical (unpaired) electrons. The van der Waals surface area contributed by atoms with Crippen molar-refractivity contribution in [2.75, 3.05) is 59.9 Å². The highest BCUT2D eigenvalue weighted by Gasteiger charge is 2.11. The minimum Gasteiger partial charge on any atom is -0.487 e. The van der Waals surface area contributed by atoms with Crippen molar-refractivity contribution < 1.29 is 28.5 Å². The number of hydrogen-bond donors (Lipinski definition) is 1. The van der Waals surface area contributed by atoms with Gasteiger partial charge in [-0.1, -0.05) is 0 Å². The van der Waals surface area contributed by atoms with E-state index in [1.54, 1.807) is 25.2 Å². The van der Waals surface area contributed by atoms with E-state index in [1.165, 1.54) is 0 Å². The third-order valence-electron chi connectivity index (χ3n) is 3.15. The fourth-order valence-corrected chi connectivity index (χ4v) is 1.99. The second-order valence-electron chi connectivity index (χ2n) is 4.77. The summed E-state index contributed by atoms with van der Waals surface area (Å²) < 4.78 is 27.5. The molecule has 1 amide bonds. The van der Waals surface area contributed by atoms with Crippen molar-refractivity contribution in [3.63, 3.8) is 0 Å². The fraction of sp³-hybridized carbons (Fsp3) is 0.562. The molecule has 1 heterocycles. The second kappa shape index (κ2) is 10.0. The summed E-state index contributed by atoms with van der Waals surface area (Å²) in [7, 11) is 1.59. The average molecular weight is 325 g/mol. The van der Waals surface area contributed by atoms with Gasteiger partial charge in [-0.3, -0.25) is 4.79 Å². The normalized spacial score (nSPS) is 17.6. The summed E-state index contributed by atoms with van der Waals surface area (Å²) in [5, 5.41) is 2.58. The summed E-state index contributed by atoms with van der Waals surface area (Å²) in [5.74, 6) is 0.914. The first-order valence-corrected chi connectivity index (χ1v) is 7.66. The zero-order chi connectivity index (χ0) is 16.3. The van der Waals surface area contributed by atoms with Crippen LogP contribution in [0.25, 0.3) is 0 Å². The molecule has 23 heavy (non-hydrogen) atoms. The summed E-state index contributed by atoms with van der Waals surface area (Å²) in [4.78, 5) is 11.7. The van der Waals surface area contributed by atoms with Gasteiger partial charge in [-0.2, -0.15) is 0 Å². The Kier molecular flexibility index (Phi) is 7.65. The van der Waals surface area contributed by atoms with Gasteiger partial charge in [-0.05, 0) is 18.2 Å². The molecule has 0 atom stereocenters. The number of ether oxygens (including phenoxy) is 5. The SMILES string of the molecule is CNC(=O)c1ccc2c(c1)OCCOCCOCCOCCO2. The second-order valence-corrected chi connectivity index (χ2v) is 4.77. The molecule has 1 aromatic rings. The van der Waals surface area contributed by atoms with E-state index in [0.29, 0.717) is 69.9 Å². The molecule has 0 fully saturated rings. The van der Waals surface area contributed by atoms with Gasteiger partial charge in [-0.15, -0.1) is 0 Å². The standard InChI is InChI=1S/C16H23NO6/c1-17-16(18)13-2-3-14-15(12-13)23-11-9-21-7-5-19-4-6-20-8-10-22-14/h2-3,12H,4-11H2,1H3,(H,17,18). The predicted octanol–water partition coefficient (Wildman–Crippen LogP) is 0.867. The van der Waals surface area contributed by atoms with Crippen LogP contribution in [0.3, 0.4) is 0 Å². The molecule has 2 rings (SSSR count). The minimum atomic E-state index is -0.177. The Hall–Kier alpha value is -1.83. The van der Waals surface area contributed by atoms with Crippen LogP contribution in [0.1, 0.15) is 10.4 Å². The van der Waals surface area contributed by atoms with Gasteiger partial charge < -0.3 is 29.0 Å². The van der Waals surface area contributed by atoms with Crippen LogP contribution < -0.4 is 14.8 Å². The van der Waals surface area contributed by atoms with E-state index in [0.717, 1.165) is 0 Å². The van der Waals surface area contributed by atoms with Crippen LogP contribution in [0, 0.1) is 0 Å². The average Bonchev–Trinajstić information content (AvgIpc) is 2.59. The van der Waals surface area contributed by atoms with Gasteiger partial charge in [-0.25, -0.2) is 0 Å². The molecule has 0 saturated carbocycles. The Balaban J connectivity index is 2.04. The maximum atomic E-state index is 11.7. The molecule has 0 saturated heterocycles. The number of fused-ring (bicyclic) bond motifs is 1. The molecule has 1 aliphatic heterocycles. The highest BCUT2D eigenvalue weighted by Crippen LogP contribution is 2.28. The van der Waals surface area contributed by atoms with Crippen molar-refractivity contribution in [2.45, 2.75) is 0 Å². The maximum absolute atomic E-state index is 11.7. The lowest BCUT2D eigenvalue weighted by atomic mass is 10.2. The van der Waals surface area contributed by atoms with Gasteiger partial charge in [0.05, 0.1) is 39.6 Å². The summed E-state index contributed by atoms with van der Waals surface area (Å²) >= 11 is 0. The van der Waals surface area contributed by atoms with E-state index in [2.05, 4.69) is 5.32 Å². The largest absolute Gasteiger partial charge is 0.487 e. The quantitative estimate of drug-likeness (QED) is 0.826. The van der Waals surface area contributed by atoms with Crippen molar-refractivity contribution in [2.24, 2.45) is 0 Å². The van der Waals surface area contributed by atoms with E-state index < -0.39 is 0 Å². The fourth-order valence-electron chi connectivity index (χ4n) is 1.99. The van der Waals surface area contributed by atoms with E-state index in [1.807, 2.05) is 0 Å². The van der Waals surface area contributed by atoms with Gasteiger partial charge in [0.2, 0.25) is 0 Å². The number of hydrogen-bond acceptors (Lipinski definition) is 6. The summed E-state index contributed by atoms with van der Waals surface area (Å²) in [5.41, 5.74) is 0.512. The van der Waals surface area contributed by atoms with Gasteiger partial charge in [0.1, 0.15) is 13.2 Å². The Morgan fingerprint density at radius 3 is 1.91 bits per heavy atom. The first-order valence-electron chi connectivity index (χ1n) is 7.66. The van der Waals surface area contributed by atoms with Crippen molar-refractivity contribution in [3.8, 4) is 11.5 Å². The minimum absolute atomic E-state index is 0.177. The first kappa shape index (κ1) is 17.5. The molecule has 0 bridgehead atoms. The lowest BCUT2D eigenvalue weighted by Crippen LogP contribution is -2.18. The van der Waals surface area contributed by atoms with Crippen LogP contribution in [0.5, 0.6) is 11.5 Å². The molecule has 7 heteroatoms. The molecular formula is C16H23NO6. The number of benzene rings is 1. The van der Waals surface area contributed by atoms with Crippen molar-refractivity contribution >= 4 is 5.91 Å². The summed E-state index contributed by atoms with van der Waals surface area (Å²) in [6.45, 7) is 3.73. The van der Waals surface area contributed by atoms with E-state index >= 15 is 0 Å². The van der Waals surface area contributed by atoms with E-state index in [9.17, 15) is 4.79 Å². The molecule has 128 valence electrons. The smallest absolute Gasteiger partial charge is 0.251 e. The number of rotatable bonds is 1. The Bertz CT molecular complexity index is 493. The number of carbonyl (C=O) groups excluding carboxylic acids is 1. The molecule has 0 spiro atoms. The Morgan fingerprint density at radius 2 is 1.35 bits per heavy atom. The van der Waals surface area contributed by atoms with Gasteiger partial charge >= 0.3 is 0 Å². The zero-order valence-corrected chi connectivity index (χ0v) is 13.3. The number of amides is 1. The third-order valence-corrected chi connectivity index (χ3v) is 3.15. The van der Waals surface area contributed by atoms with E-state index in [4.69, 9.17) is 23.7 Å². The summed E-state index contributed by atoms with van der Waals surface area (Å²) in [6, 6.07) is 5.08. The molecule has 0 aromatic heterocycles. The molecule has 0 aliphatic carbocycles. The molecule has 1 aromatic carbocycles. The topological polar surface area (TPSA) is 75.3 Å². The summed E-state index contributed by atoms with van der Waals surface area (Å²) in [6.07, 6.45) is 0. The highest BCUT2D eigenvalue weighted by atomic mass is 16.6. The van der Waals surface area contributed by atoms with Crippen molar-refractivity contribution in [1.29, 1.82) is 0 Å². The lowest BCUT2D eigenvalue weighted by molar-refractivity contribution is 0.00708. The maximum Gasteiger partial charge on any atom is 0.251 e. The molecule has 0 unspecified atom stereocenters. The third kappa shape index (κ3) is 6.05. The predicted molar refractivity (Wildman–Crippen MR) is 83.3 cm³/mol. The van der Waals surface area contributed by atoms with Crippen LogP contribution in [0.15, 0.2) is 18.2 Å². The zero-order valence-electron chi connectivity index (χ0n) is 13.3. The van der Waals surface area contributed by atoms with E-state index in [-0.39, 0.29) is 5.91 Å². The van der Waals surface area contributed by atoms with Crippen molar-refractivity contribution in [1.82, 2.24) is 5.32 Å². The van der Waals surface area contributed by atoms with Crippen LogP contribution in [0.4, 0.5) is 0 Å². The number of carbonyl (C=O) groups is 1. The molecular weight excluding hydrogens is 302 g/mol. The van der Waals surface area contributed by atoms with Gasteiger partial charge in [0, 0.05) is 12.6 Å². The highest BCUT2D eigenvalue weighted by molar-refractivity contribution is 5.94. The van der Waals surface area contributed by atoms with Gasteiger partial charge in [0.15, 0.2) is 11.5 Å². The van der Waals surface area contributed by atoms with Crippen LogP contribution in [0.2, 0.25) is 0 Å². The lowest BCUT2D eigenvalue weighted by Gasteiger charge is -2.14.